The van der Waals surface area contributed by atoms with E-state index in [2.05, 4.69) is 6.58 Å². The Balaban J connectivity index is 2.44. The zero-order valence-electron chi connectivity index (χ0n) is 10.8. The summed E-state index contributed by atoms with van der Waals surface area (Å²) < 4.78 is 5.25. The van der Waals surface area contributed by atoms with Crippen LogP contribution in [0.5, 0.6) is 0 Å². The highest BCUT2D eigenvalue weighted by molar-refractivity contribution is 5.70. The number of hydrogen-bond donors (Lipinski definition) is 0. The van der Waals surface area contributed by atoms with Crippen molar-refractivity contribution in [2.24, 2.45) is 0 Å². The van der Waals surface area contributed by atoms with Crippen molar-refractivity contribution in [1.82, 2.24) is 0 Å². The average Bonchev–Trinajstić information content (AvgIpc) is 2.25. The Morgan fingerprint density at radius 1 is 1.29 bits per heavy atom. The van der Waals surface area contributed by atoms with Crippen LogP contribution in [0.15, 0.2) is 30.8 Å². The fourth-order valence-corrected chi connectivity index (χ4v) is 1.46. The van der Waals surface area contributed by atoms with Crippen molar-refractivity contribution < 1.29 is 9.53 Å². The normalized spacial score (nSPS) is 11.0. The van der Waals surface area contributed by atoms with Crippen LogP contribution >= 0.6 is 0 Å². The third-order valence-electron chi connectivity index (χ3n) is 2.25. The molecule has 0 unspecified atom stereocenters. The lowest BCUT2D eigenvalue weighted by molar-refractivity contribution is -0.154. The monoisotopic (exact) mass is 232 g/mol. The van der Waals surface area contributed by atoms with Crippen LogP contribution in [0.3, 0.4) is 0 Å². The number of carbonyl (C=O) groups excluding carboxylic acids is 1. The Morgan fingerprint density at radius 2 is 1.88 bits per heavy atom. The number of esters is 1. The molecule has 17 heavy (non-hydrogen) atoms. The third kappa shape index (κ3) is 5.34. The van der Waals surface area contributed by atoms with Crippen molar-refractivity contribution in [3.8, 4) is 0 Å². The van der Waals surface area contributed by atoms with Crippen LogP contribution in [0.25, 0.3) is 6.08 Å². The first-order valence-corrected chi connectivity index (χ1v) is 5.84. The second-order valence-electron chi connectivity index (χ2n) is 5.03. The molecule has 0 saturated heterocycles. The molecule has 0 spiro atoms. The van der Waals surface area contributed by atoms with E-state index >= 15 is 0 Å². The number of rotatable bonds is 4. The van der Waals surface area contributed by atoms with Gasteiger partial charge in [-0.15, -0.1) is 0 Å². The van der Waals surface area contributed by atoms with Gasteiger partial charge in [0, 0.05) is 6.42 Å². The molecule has 2 heteroatoms. The maximum Gasteiger partial charge on any atom is 0.306 e. The molecule has 0 aliphatic heterocycles. The highest BCUT2D eigenvalue weighted by Crippen LogP contribution is 2.11. The summed E-state index contributed by atoms with van der Waals surface area (Å²) in [6.07, 6.45) is 2.94. The van der Waals surface area contributed by atoms with Gasteiger partial charge in [0.05, 0.1) is 0 Å². The predicted molar refractivity (Wildman–Crippen MR) is 70.7 cm³/mol. The van der Waals surface area contributed by atoms with Gasteiger partial charge in [-0.1, -0.05) is 36.9 Å². The zero-order valence-corrected chi connectivity index (χ0v) is 10.8. The molecule has 1 aromatic carbocycles. The Morgan fingerprint density at radius 3 is 2.35 bits per heavy atom. The van der Waals surface area contributed by atoms with E-state index in [9.17, 15) is 4.79 Å². The van der Waals surface area contributed by atoms with Gasteiger partial charge in [0.2, 0.25) is 0 Å². The molecular formula is C15H20O2. The van der Waals surface area contributed by atoms with Crippen LogP contribution in [0.2, 0.25) is 0 Å². The fourth-order valence-electron chi connectivity index (χ4n) is 1.46. The van der Waals surface area contributed by atoms with Crippen molar-refractivity contribution in [3.63, 3.8) is 0 Å². The molecule has 0 N–H and O–H groups in total. The Bertz CT molecular complexity index is 382. The number of carbonyl (C=O) groups is 1. The van der Waals surface area contributed by atoms with Gasteiger partial charge in [0.25, 0.3) is 0 Å². The fraction of sp³-hybridized carbons (Fsp3) is 0.400. The lowest BCUT2D eigenvalue weighted by Gasteiger charge is -2.19. The third-order valence-corrected chi connectivity index (χ3v) is 2.25. The summed E-state index contributed by atoms with van der Waals surface area (Å²) in [5.74, 6) is -0.148. The van der Waals surface area contributed by atoms with Gasteiger partial charge in [-0.3, -0.25) is 4.79 Å². The molecule has 1 aromatic rings. The molecule has 0 aliphatic rings. The standard InChI is InChI=1S/C15H20O2/c1-5-12-6-8-13(9-7-12)10-11-14(16)17-15(2,3)4/h5-9H,1,10-11H2,2-4H3. The number of benzene rings is 1. The van der Waals surface area contributed by atoms with Gasteiger partial charge in [0.15, 0.2) is 0 Å². The molecule has 0 amide bonds. The maximum atomic E-state index is 11.5. The highest BCUT2D eigenvalue weighted by atomic mass is 16.6. The first-order chi connectivity index (χ1) is 7.90. The number of aryl methyl sites for hydroxylation is 1. The summed E-state index contributed by atoms with van der Waals surface area (Å²) in [5, 5.41) is 0. The number of hydrogen-bond acceptors (Lipinski definition) is 2. The minimum Gasteiger partial charge on any atom is -0.460 e. The van der Waals surface area contributed by atoms with Crippen LogP contribution in [-0.4, -0.2) is 11.6 Å². The van der Waals surface area contributed by atoms with Crippen LogP contribution in [-0.2, 0) is 16.0 Å². The summed E-state index contributed by atoms with van der Waals surface area (Å²) in [6, 6.07) is 8.03. The van der Waals surface area contributed by atoms with Crippen molar-refractivity contribution in [3.05, 3.63) is 42.0 Å². The van der Waals surface area contributed by atoms with E-state index in [1.807, 2.05) is 45.0 Å². The Kier molecular flexibility index (Phi) is 4.50. The second kappa shape index (κ2) is 5.67. The van der Waals surface area contributed by atoms with Crippen molar-refractivity contribution in [2.75, 3.05) is 0 Å². The summed E-state index contributed by atoms with van der Waals surface area (Å²) >= 11 is 0. The van der Waals surface area contributed by atoms with Gasteiger partial charge in [-0.05, 0) is 38.3 Å². The van der Waals surface area contributed by atoms with E-state index in [0.717, 1.165) is 11.1 Å². The summed E-state index contributed by atoms with van der Waals surface area (Å²) in [4.78, 5) is 11.5. The second-order valence-corrected chi connectivity index (χ2v) is 5.03. The van der Waals surface area contributed by atoms with E-state index < -0.39 is 5.60 Å². The van der Waals surface area contributed by atoms with Crippen LogP contribution in [0.4, 0.5) is 0 Å². The minimum absolute atomic E-state index is 0.148. The summed E-state index contributed by atoms with van der Waals surface area (Å²) in [7, 11) is 0. The van der Waals surface area contributed by atoms with E-state index in [1.54, 1.807) is 6.08 Å². The topological polar surface area (TPSA) is 26.3 Å². The van der Waals surface area contributed by atoms with Crippen LogP contribution in [0.1, 0.15) is 38.3 Å². The number of ether oxygens (including phenoxy) is 1. The molecule has 0 radical (unpaired) electrons. The van der Waals surface area contributed by atoms with Crippen LogP contribution in [0, 0.1) is 0 Å². The first-order valence-electron chi connectivity index (χ1n) is 5.84. The lowest BCUT2D eigenvalue weighted by Crippen LogP contribution is -2.23. The maximum absolute atomic E-state index is 11.5. The Hall–Kier alpha value is -1.57. The SMILES string of the molecule is C=Cc1ccc(CCC(=O)OC(C)(C)C)cc1. The van der Waals surface area contributed by atoms with E-state index in [1.165, 1.54) is 0 Å². The molecule has 1 rings (SSSR count). The molecule has 0 aliphatic carbocycles. The van der Waals surface area contributed by atoms with Crippen LogP contribution < -0.4 is 0 Å². The molecule has 0 aromatic heterocycles. The van der Waals surface area contributed by atoms with Gasteiger partial charge < -0.3 is 4.74 Å². The van der Waals surface area contributed by atoms with Crippen molar-refractivity contribution in [1.29, 1.82) is 0 Å². The highest BCUT2D eigenvalue weighted by Gasteiger charge is 2.15. The largest absolute Gasteiger partial charge is 0.460 e. The molecule has 0 atom stereocenters. The Labute approximate surface area is 103 Å². The van der Waals surface area contributed by atoms with Crippen molar-refractivity contribution in [2.45, 2.75) is 39.2 Å². The average molecular weight is 232 g/mol. The van der Waals surface area contributed by atoms with Crippen molar-refractivity contribution >= 4 is 12.0 Å². The smallest absolute Gasteiger partial charge is 0.306 e. The zero-order chi connectivity index (χ0) is 12.9. The minimum atomic E-state index is -0.399. The molecule has 92 valence electrons. The van der Waals surface area contributed by atoms with Gasteiger partial charge in [0.1, 0.15) is 5.60 Å². The van der Waals surface area contributed by atoms with E-state index in [4.69, 9.17) is 4.74 Å². The molecule has 0 saturated carbocycles. The first kappa shape index (κ1) is 13.5. The van der Waals surface area contributed by atoms with E-state index in [0.29, 0.717) is 12.8 Å². The predicted octanol–water partition coefficient (Wildman–Crippen LogP) is 3.60. The summed E-state index contributed by atoms with van der Waals surface area (Å²) in [5.41, 5.74) is 1.83. The van der Waals surface area contributed by atoms with Gasteiger partial charge in [-0.2, -0.15) is 0 Å². The molecule has 0 bridgehead atoms. The van der Waals surface area contributed by atoms with Gasteiger partial charge >= 0.3 is 5.97 Å². The lowest BCUT2D eigenvalue weighted by atomic mass is 10.1. The van der Waals surface area contributed by atoms with Gasteiger partial charge in [-0.25, -0.2) is 0 Å². The quantitative estimate of drug-likeness (QED) is 0.741. The molecule has 0 fully saturated rings. The van der Waals surface area contributed by atoms with E-state index in [-0.39, 0.29) is 5.97 Å². The summed E-state index contributed by atoms with van der Waals surface area (Å²) in [6.45, 7) is 9.34. The molecular weight excluding hydrogens is 212 g/mol. The molecule has 0 heterocycles. The molecule has 2 nitrogen and oxygen atoms in total.